The first-order valence-corrected chi connectivity index (χ1v) is 9.72. The van der Waals surface area contributed by atoms with Gasteiger partial charge in [-0.15, -0.1) is 0 Å². The number of benzene rings is 2. The van der Waals surface area contributed by atoms with Crippen LogP contribution in [0.5, 0.6) is 0 Å². The highest BCUT2D eigenvalue weighted by atomic mass is 32.2. The topological polar surface area (TPSA) is 118 Å². The SMILES string of the molecule is Cc1nc(SCC(=O)Nc2cccc([N+](=O)[O-])c2)[nH]c(=O)c1Cc1ccccc1. The molecule has 9 heteroatoms. The summed E-state index contributed by atoms with van der Waals surface area (Å²) in [6.07, 6.45) is 0.479. The van der Waals surface area contributed by atoms with Gasteiger partial charge >= 0.3 is 0 Å². The van der Waals surface area contributed by atoms with Gasteiger partial charge in [0.2, 0.25) is 5.91 Å². The van der Waals surface area contributed by atoms with Crippen LogP contribution in [0.4, 0.5) is 11.4 Å². The Kier molecular flexibility index (Phi) is 6.40. The molecule has 3 aromatic rings. The normalized spacial score (nSPS) is 10.5. The monoisotopic (exact) mass is 410 g/mol. The van der Waals surface area contributed by atoms with Crippen molar-refractivity contribution in [1.29, 1.82) is 0 Å². The molecular formula is C20H18N4O4S. The number of non-ortho nitro benzene ring substituents is 1. The molecule has 0 saturated heterocycles. The molecule has 0 saturated carbocycles. The number of aromatic nitrogens is 2. The Morgan fingerprint density at radius 3 is 2.66 bits per heavy atom. The predicted octanol–water partition coefficient (Wildman–Crippen LogP) is 3.31. The van der Waals surface area contributed by atoms with Crippen molar-refractivity contribution in [2.75, 3.05) is 11.1 Å². The summed E-state index contributed by atoms with van der Waals surface area (Å²) >= 11 is 1.09. The number of hydrogen-bond donors (Lipinski definition) is 2. The molecule has 2 N–H and O–H groups in total. The summed E-state index contributed by atoms with van der Waals surface area (Å²) in [5.74, 6) is -0.354. The van der Waals surface area contributed by atoms with Gasteiger partial charge in [-0.25, -0.2) is 4.98 Å². The van der Waals surface area contributed by atoms with Gasteiger partial charge in [0, 0.05) is 35.5 Å². The maximum atomic E-state index is 12.4. The highest BCUT2D eigenvalue weighted by Crippen LogP contribution is 2.18. The van der Waals surface area contributed by atoms with E-state index in [0.717, 1.165) is 17.3 Å². The van der Waals surface area contributed by atoms with Crippen molar-refractivity contribution in [2.24, 2.45) is 0 Å². The van der Waals surface area contributed by atoms with E-state index in [-0.39, 0.29) is 22.9 Å². The van der Waals surface area contributed by atoms with E-state index in [9.17, 15) is 19.7 Å². The summed E-state index contributed by atoms with van der Waals surface area (Å²) in [5.41, 5.74) is 2.20. The molecule has 0 atom stereocenters. The number of carbonyl (C=O) groups is 1. The second-order valence-corrected chi connectivity index (χ2v) is 7.21. The molecule has 1 aromatic heterocycles. The fraction of sp³-hybridized carbons (Fsp3) is 0.150. The van der Waals surface area contributed by atoms with E-state index in [2.05, 4.69) is 15.3 Å². The van der Waals surface area contributed by atoms with Crippen LogP contribution >= 0.6 is 11.8 Å². The van der Waals surface area contributed by atoms with Crippen LogP contribution in [0.15, 0.2) is 64.5 Å². The average molecular weight is 410 g/mol. The Bertz CT molecular complexity index is 1100. The zero-order valence-corrected chi connectivity index (χ0v) is 16.4. The summed E-state index contributed by atoms with van der Waals surface area (Å²) in [4.78, 5) is 41.9. The zero-order valence-electron chi connectivity index (χ0n) is 15.5. The summed E-state index contributed by atoms with van der Waals surface area (Å²) in [7, 11) is 0. The molecule has 8 nitrogen and oxygen atoms in total. The highest BCUT2D eigenvalue weighted by Gasteiger charge is 2.12. The number of nitrogens with one attached hydrogen (secondary N) is 2. The maximum absolute atomic E-state index is 12.4. The lowest BCUT2D eigenvalue weighted by molar-refractivity contribution is -0.384. The molecule has 0 bridgehead atoms. The molecule has 0 aliphatic carbocycles. The quantitative estimate of drug-likeness (QED) is 0.267. The Morgan fingerprint density at radius 1 is 1.21 bits per heavy atom. The minimum absolute atomic E-state index is 0.00308. The van der Waals surface area contributed by atoms with Gasteiger partial charge < -0.3 is 10.3 Å². The van der Waals surface area contributed by atoms with Crippen molar-refractivity contribution >= 4 is 29.0 Å². The van der Waals surface area contributed by atoms with Crippen LogP contribution in [0, 0.1) is 17.0 Å². The van der Waals surface area contributed by atoms with Crippen molar-refractivity contribution < 1.29 is 9.72 Å². The lowest BCUT2D eigenvalue weighted by Crippen LogP contribution is -2.19. The van der Waals surface area contributed by atoms with Crippen LogP contribution < -0.4 is 10.9 Å². The third-order valence-corrected chi connectivity index (χ3v) is 4.98. The maximum Gasteiger partial charge on any atom is 0.271 e. The molecule has 0 aliphatic rings. The molecule has 3 rings (SSSR count). The van der Waals surface area contributed by atoms with Gasteiger partial charge in [-0.1, -0.05) is 48.2 Å². The minimum Gasteiger partial charge on any atom is -0.325 e. The number of aryl methyl sites for hydroxylation is 1. The van der Waals surface area contributed by atoms with Crippen molar-refractivity contribution in [1.82, 2.24) is 9.97 Å². The number of thioether (sulfide) groups is 1. The van der Waals surface area contributed by atoms with Crippen molar-refractivity contribution in [2.45, 2.75) is 18.5 Å². The number of amides is 1. The number of carbonyl (C=O) groups excluding carboxylic acids is 1. The second-order valence-electron chi connectivity index (χ2n) is 6.24. The smallest absolute Gasteiger partial charge is 0.271 e. The first-order chi connectivity index (χ1) is 13.9. The first-order valence-electron chi connectivity index (χ1n) is 8.73. The van der Waals surface area contributed by atoms with E-state index in [1.165, 1.54) is 18.2 Å². The Morgan fingerprint density at radius 2 is 1.97 bits per heavy atom. The molecule has 1 amide bonds. The van der Waals surface area contributed by atoms with E-state index >= 15 is 0 Å². The number of nitro benzene ring substituents is 1. The Labute approximate surface area is 170 Å². The fourth-order valence-corrected chi connectivity index (χ4v) is 3.40. The molecule has 0 aliphatic heterocycles. The standard InChI is InChI=1S/C20H18N4O4S/c1-13-17(10-14-6-3-2-4-7-14)19(26)23-20(21-13)29-12-18(25)22-15-8-5-9-16(11-15)24(27)28/h2-9,11H,10,12H2,1H3,(H,22,25)(H,21,23,26). The van der Waals surface area contributed by atoms with Crippen molar-refractivity contribution in [3.05, 3.63) is 91.9 Å². The zero-order chi connectivity index (χ0) is 20.8. The molecule has 0 unspecified atom stereocenters. The number of anilines is 1. The van der Waals surface area contributed by atoms with Gasteiger partial charge in [0.1, 0.15) is 0 Å². The Hall–Kier alpha value is -3.46. The predicted molar refractivity (Wildman–Crippen MR) is 111 cm³/mol. The second kappa shape index (κ2) is 9.16. The number of aromatic amines is 1. The Balaban J connectivity index is 1.63. The third kappa shape index (κ3) is 5.52. The molecule has 0 spiro atoms. The summed E-state index contributed by atoms with van der Waals surface area (Å²) < 4.78 is 0. The van der Waals surface area contributed by atoms with Gasteiger partial charge in [-0.3, -0.25) is 19.7 Å². The van der Waals surface area contributed by atoms with E-state index in [0.29, 0.717) is 28.5 Å². The number of hydrogen-bond acceptors (Lipinski definition) is 6. The number of H-pyrrole nitrogens is 1. The van der Waals surface area contributed by atoms with Gasteiger partial charge in [0.15, 0.2) is 5.16 Å². The van der Waals surface area contributed by atoms with E-state index in [1.807, 2.05) is 30.3 Å². The number of rotatable bonds is 7. The van der Waals surface area contributed by atoms with Gasteiger partial charge in [-0.2, -0.15) is 0 Å². The minimum atomic E-state index is -0.529. The molecule has 0 radical (unpaired) electrons. The fourth-order valence-electron chi connectivity index (χ4n) is 2.69. The van der Waals surface area contributed by atoms with Crippen LogP contribution in [-0.4, -0.2) is 26.6 Å². The third-order valence-electron chi connectivity index (χ3n) is 4.10. The van der Waals surface area contributed by atoms with Crippen LogP contribution in [0.2, 0.25) is 0 Å². The van der Waals surface area contributed by atoms with E-state index < -0.39 is 4.92 Å². The van der Waals surface area contributed by atoms with Crippen LogP contribution in [0.3, 0.4) is 0 Å². The van der Waals surface area contributed by atoms with Gasteiger partial charge in [-0.05, 0) is 18.6 Å². The molecule has 0 fully saturated rings. The molecule has 148 valence electrons. The number of nitro groups is 1. The van der Waals surface area contributed by atoms with Crippen LogP contribution in [0.1, 0.15) is 16.8 Å². The summed E-state index contributed by atoms with van der Waals surface area (Å²) in [6.45, 7) is 1.76. The van der Waals surface area contributed by atoms with Gasteiger partial charge in [0.25, 0.3) is 11.2 Å². The summed E-state index contributed by atoms with van der Waals surface area (Å²) in [6, 6.07) is 15.3. The molecule has 29 heavy (non-hydrogen) atoms. The highest BCUT2D eigenvalue weighted by molar-refractivity contribution is 7.99. The first kappa shape index (κ1) is 20.3. The molecule has 2 aromatic carbocycles. The lowest BCUT2D eigenvalue weighted by atomic mass is 10.1. The largest absolute Gasteiger partial charge is 0.325 e. The lowest BCUT2D eigenvalue weighted by Gasteiger charge is -2.08. The van der Waals surface area contributed by atoms with Crippen molar-refractivity contribution in [3.63, 3.8) is 0 Å². The molecule has 1 heterocycles. The number of nitrogens with zero attached hydrogens (tertiary/aromatic N) is 2. The van der Waals surface area contributed by atoms with E-state index in [1.54, 1.807) is 13.0 Å². The molecular weight excluding hydrogens is 392 g/mol. The van der Waals surface area contributed by atoms with Crippen LogP contribution in [0.25, 0.3) is 0 Å². The van der Waals surface area contributed by atoms with Crippen molar-refractivity contribution in [3.8, 4) is 0 Å². The van der Waals surface area contributed by atoms with Gasteiger partial charge in [0.05, 0.1) is 10.7 Å². The van der Waals surface area contributed by atoms with E-state index in [4.69, 9.17) is 0 Å². The van der Waals surface area contributed by atoms with Crippen LogP contribution in [-0.2, 0) is 11.2 Å². The summed E-state index contributed by atoms with van der Waals surface area (Å²) in [5, 5.41) is 13.7. The average Bonchev–Trinajstić information content (AvgIpc) is 2.70.